The molecule has 0 spiro atoms. The van der Waals surface area contributed by atoms with E-state index in [2.05, 4.69) is 12.2 Å². The van der Waals surface area contributed by atoms with Gasteiger partial charge in [-0.1, -0.05) is 6.92 Å². The van der Waals surface area contributed by atoms with Crippen molar-refractivity contribution in [1.82, 2.24) is 4.31 Å². The summed E-state index contributed by atoms with van der Waals surface area (Å²) < 4.78 is 32.3. The highest BCUT2D eigenvalue weighted by molar-refractivity contribution is 7.89. The van der Waals surface area contributed by atoms with Crippen LogP contribution in [0.1, 0.15) is 47.4 Å². The van der Waals surface area contributed by atoms with Crippen molar-refractivity contribution >= 4 is 33.5 Å². The zero-order valence-corrected chi connectivity index (χ0v) is 19.3. The van der Waals surface area contributed by atoms with Gasteiger partial charge in [-0.05, 0) is 74.2 Å². The first-order chi connectivity index (χ1) is 15.6. The molecule has 3 rings (SSSR count). The Labute approximate surface area is 193 Å². The molecule has 1 heterocycles. The van der Waals surface area contributed by atoms with Gasteiger partial charge >= 0.3 is 5.97 Å². The molecule has 0 radical (unpaired) electrons. The van der Waals surface area contributed by atoms with Gasteiger partial charge in [0.25, 0.3) is 5.91 Å². The third kappa shape index (κ3) is 5.96. The largest absolute Gasteiger partial charge is 0.449 e. The number of nitrogens with one attached hydrogen (secondary N) is 1. The number of carbonyl (C=O) groups excluding carboxylic acids is 3. The van der Waals surface area contributed by atoms with Gasteiger partial charge in [0.05, 0.1) is 10.5 Å². The molecule has 176 valence electrons. The summed E-state index contributed by atoms with van der Waals surface area (Å²) in [7, 11) is -3.62. The fourth-order valence-corrected chi connectivity index (χ4v) is 4.85. The number of rotatable bonds is 7. The van der Waals surface area contributed by atoms with E-state index in [1.807, 2.05) is 0 Å². The molecular weight excluding hydrogens is 446 g/mol. The summed E-state index contributed by atoms with van der Waals surface area (Å²) in [4.78, 5) is 36.0. The third-order valence-corrected chi connectivity index (χ3v) is 7.47. The molecule has 1 saturated heterocycles. The normalized spacial score (nSPS) is 16.1. The SMILES string of the molecule is CC1CCN(S(=O)(=O)c2ccc(C(=O)O[C@H](C)C(=O)Nc3ccc(C(N)=O)cc3)cc2)CC1. The number of piperidine rings is 1. The standard InChI is InChI=1S/C23H27N3O6S/c1-15-11-13-26(14-12-15)33(30,31)20-9-5-18(6-10-20)23(29)32-16(2)22(28)25-19-7-3-17(4-8-19)21(24)27/h3-10,15-16H,11-14H2,1-2H3,(H2,24,27)(H,25,28)/t16-/m1/s1. The van der Waals surface area contributed by atoms with Crippen molar-refractivity contribution in [2.24, 2.45) is 11.7 Å². The number of anilines is 1. The lowest BCUT2D eigenvalue weighted by Gasteiger charge is -2.29. The quantitative estimate of drug-likeness (QED) is 0.593. The third-order valence-electron chi connectivity index (χ3n) is 5.56. The van der Waals surface area contributed by atoms with E-state index in [9.17, 15) is 22.8 Å². The molecule has 0 saturated carbocycles. The number of esters is 1. The Morgan fingerprint density at radius 2 is 1.55 bits per heavy atom. The molecule has 0 bridgehead atoms. The van der Waals surface area contributed by atoms with Crippen LogP contribution in [0.15, 0.2) is 53.4 Å². The lowest BCUT2D eigenvalue weighted by Crippen LogP contribution is -2.37. The Bertz CT molecular complexity index is 1120. The molecule has 1 atom stereocenters. The summed E-state index contributed by atoms with van der Waals surface area (Å²) in [6.45, 7) is 4.47. The molecule has 0 aliphatic carbocycles. The van der Waals surface area contributed by atoms with E-state index in [1.165, 1.54) is 59.8 Å². The number of sulfonamides is 1. The summed E-state index contributed by atoms with van der Waals surface area (Å²) >= 11 is 0. The van der Waals surface area contributed by atoms with Crippen LogP contribution in [0.25, 0.3) is 0 Å². The van der Waals surface area contributed by atoms with Gasteiger partial charge in [0, 0.05) is 24.3 Å². The van der Waals surface area contributed by atoms with Crippen molar-refractivity contribution in [2.45, 2.75) is 37.7 Å². The number of hydrogen-bond donors (Lipinski definition) is 2. The smallest absolute Gasteiger partial charge is 0.338 e. The van der Waals surface area contributed by atoms with Crippen molar-refractivity contribution in [3.8, 4) is 0 Å². The molecule has 1 fully saturated rings. The second-order valence-electron chi connectivity index (χ2n) is 8.09. The fraction of sp³-hybridized carbons (Fsp3) is 0.348. The van der Waals surface area contributed by atoms with E-state index in [0.717, 1.165) is 12.8 Å². The van der Waals surface area contributed by atoms with Crippen molar-refractivity contribution in [2.75, 3.05) is 18.4 Å². The van der Waals surface area contributed by atoms with Crippen LogP contribution >= 0.6 is 0 Å². The molecule has 2 aromatic rings. The minimum atomic E-state index is -3.62. The van der Waals surface area contributed by atoms with Crippen LogP contribution in [0.5, 0.6) is 0 Å². The van der Waals surface area contributed by atoms with Crippen LogP contribution in [0, 0.1) is 5.92 Å². The average molecular weight is 474 g/mol. The number of hydrogen-bond acceptors (Lipinski definition) is 6. The van der Waals surface area contributed by atoms with Gasteiger partial charge in [0.2, 0.25) is 15.9 Å². The van der Waals surface area contributed by atoms with Gasteiger partial charge in [0.1, 0.15) is 0 Å². The van der Waals surface area contributed by atoms with Crippen LogP contribution < -0.4 is 11.1 Å². The summed E-state index contributed by atoms with van der Waals surface area (Å²) in [5.74, 6) is -1.40. The van der Waals surface area contributed by atoms with Gasteiger partial charge in [-0.2, -0.15) is 4.31 Å². The number of benzene rings is 2. The molecule has 2 amide bonds. The van der Waals surface area contributed by atoms with Gasteiger partial charge in [-0.3, -0.25) is 9.59 Å². The molecule has 2 aromatic carbocycles. The van der Waals surface area contributed by atoms with E-state index in [1.54, 1.807) is 0 Å². The Morgan fingerprint density at radius 3 is 2.09 bits per heavy atom. The average Bonchev–Trinajstić information content (AvgIpc) is 2.79. The number of primary amides is 1. The molecule has 1 aliphatic heterocycles. The summed E-state index contributed by atoms with van der Waals surface area (Å²) in [6, 6.07) is 11.4. The molecule has 3 N–H and O–H groups in total. The Hall–Kier alpha value is -3.24. The molecule has 1 aliphatic rings. The molecule has 0 unspecified atom stereocenters. The Morgan fingerprint density at radius 1 is 1.00 bits per heavy atom. The van der Waals surface area contributed by atoms with Crippen molar-refractivity contribution in [3.05, 3.63) is 59.7 Å². The van der Waals surface area contributed by atoms with Crippen LogP contribution in [0.2, 0.25) is 0 Å². The summed E-state index contributed by atoms with van der Waals surface area (Å²) in [5.41, 5.74) is 6.02. The van der Waals surface area contributed by atoms with Gasteiger partial charge in [-0.25, -0.2) is 13.2 Å². The summed E-state index contributed by atoms with van der Waals surface area (Å²) in [6.07, 6.45) is 0.532. The van der Waals surface area contributed by atoms with Crippen LogP contribution in [-0.4, -0.2) is 49.7 Å². The number of ether oxygens (including phenoxy) is 1. The highest BCUT2D eigenvalue weighted by Crippen LogP contribution is 2.24. The molecule has 33 heavy (non-hydrogen) atoms. The van der Waals surface area contributed by atoms with E-state index in [4.69, 9.17) is 10.5 Å². The van der Waals surface area contributed by atoms with Gasteiger partial charge in [-0.15, -0.1) is 0 Å². The maximum Gasteiger partial charge on any atom is 0.338 e. The predicted octanol–water partition coefficient (Wildman–Crippen LogP) is 2.39. The zero-order chi connectivity index (χ0) is 24.2. The van der Waals surface area contributed by atoms with Gasteiger partial charge < -0.3 is 15.8 Å². The lowest BCUT2D eigenvalue weighted by molar-refractivity contribution is -0.123. The first-order valence-corrected chi connectivity index (χ1v) is 12.0. The first-order valence-electron chi connectivity index (χ1n) is 10.6. The van der Waals surface area contributed by atoms with Crippen LogP contribution in [-0.2, 0) is 19.6 Å². The van der Waals surface area contributed by atoms with E-state index in [0.29, 0.717) is 30.3 Å². The lowest BCUT2D eigenvalue weighted by atomic mass is 10.0. The monoisotopic (exact) mass is 473 g/mol. The second kappa shape index (κ2) is 10.1. The Kier molecular flexibility index (Phi) is 7.50. The number of nitrogens with two attached hydrogens (primary N) is 1. The molecule has 9 nitrogen and oxygen atoms in total. The van der Waals surface area contributed by atoms with Crippen LogP contribution in [0.4, 0.5) is 5.69 Å². The maximum atomic E-state index is 12.8. The van der Waals surface area contributed by atoms with Crippen molar-refractivity contribution in [1.29, 1.82) is 0 Å². The van der Waals surface area contributed by atoms with Crippen LogP contribution in [0.3, 0.4) is 0 Å². The number of amides is 2. The topological polar surface area (TPSA) is 136 Å². The highest BCUT2D eigenvalue weighted by atomic mass is 32.2. The highest BCUT2D eigenvalue weighted by Gasteiger charge is 2.28. The maximum absolute atomic E-state index is 12.8. The van der Waals surface area contributed by atoms with E-state index < -0.39 is 33.9 Å². The molecule has 0 aromatic heterocycles. The summed E-state index contributed by atoms with van der Waals surface area (Å²) in [5, 5.41) is 2.58. The number of carbonyl (C=O) groups is 3. The minimum absolute atomic E-state index is 0.110. The van der Waals surface area contributed by atoms with E-state index >= 15 is 0 Å². The molecule has 10 heteroatoms. The zero-order valence-electron chi connectivity index (χ0n) is 18.5. The second-order valence-corrected chi connectivity index (χ2v) is 10.0. The predicted molar refractivity (Wildman–Crippen MR) is 122 cm³/mol. The molecular formula is C23H27N3O6S. The number of nitrogens with zero attached hydrogens (tertiary/aromatic N) is 1. The van der Waals surface area contributed by atoms with E-state index in [-0.39, 0.29) is 10.5 Å². The van der Waals surface area contributed by atoms with Gasteiger partial charge in [0.15, 0.2) is 6.10 Å². The van der Waals surface area contributed by atoms with Crippen molar-refractivity contribution < 1.29 is 27.5 Å². The Balaban J connectivity index is 1.59. The fourth-order valence-electron chi connectivity index (χ4n) is 3.38. The van der Waals surface area contributed by atoms with Crippen molar-refractivity contribution in [3.63, 3.8) is 0 Å². The first kappa shape index (κ1) is 24.4. The minimum Gasteiger partial charge on any atom is -0.449 e.